The van der Waals surface area contributed by atoms with Crippen LogP contribution < -0.4 is 14.9 Å². The zero-order valence-corrected chi connectivity index (χ0v) is 15.4. The van der Waals surface area contributed by atoms with Gasteiger partial charge in [-0.3, -0.25) is 4.79 Å². The molecule has 130 valence electrons. The summed E-state index contributed by atoms with van der Waals surface area (Å²) in [6.45, 7) is 5.70. The molecule has 0 saturated carbocycles. The van der Waals surface area contributed by atoms with Gasteiger partial charge in [0.2, 0.25) is 0 Å². The number of rotatable bonds is 8. The second-order valence-electron chi connectivity index (χ2n) is 5.12. The van der Waals surface area contributed by atoms with Gasteiger partial charge in [0.25, 0.3) is 5.91 Å². The van der Waals surface area contributed by atoms with Crippen molar-refractivity contribution >= 4 is 28.1 Å². The highest BCUT2D eigenvalue weighted by molar-refractivity contribution is 9.10. The van der Waals surface area contributed by atoms with Crippen LogP contribution in [0.2, 0.25) is 0 Å². The van der Waals surface area contributed by atoms with Gasteiger partial charge in [-0.1, -0.05) is 40.7 Å². The molecule has 2 aromatic carbocycles. The molecule has 1 atom stereocenters. The summed E-state index contributed by atoms with van der Waals surface area (Å²) in [5.41, 5.74) is 3.27. The lowest BCUT2D eigenvalue weighted by atomic mass is 10.2. The van der Waals surface area contributed by atoms with Crippen LogP contribution in [0.25, 0.3) is 0 Å². The molecule has 2 aromatic rings. The van der Waals surface area contributed by atoms with Crippen molar-refractivity contribution in [1.82, 2.24) is 5.43 Å². The lowest BCUT2D eigenvalue weighted by Gasteiger charge is -2.12. The zero-order chi connectivity index (χ0) is 18.1. The largest absolute Gasteiger partial charge is 0.490 e. The topological polar surface area (TPSA) is 59.9 Å². The Labute approximate surface area is 155 Å². The molecule has 1 amide bonds. The van der Waals surface area contributed by atoms with Gasteiger partial charge in [-0.15, -0.1) is 0 Å². The van der Waals surface area contributed by atoms with E-state index in [1.54, 1.807) is 31.3 Å². The Bertz CT molecular complexity index is 745. The lowest BCUT2D eigenvalue weighted by molar-refractivity contribution is -0.127. The minimum absolute atomic E-state index is 0.335. The number of carbonyl (C=O) groups is 1. The van der Waals surface area contributed by atoms with Crippen LogP contribution in [0.5, 0.6) is 11.5 Å². The highest BCUT2D eigenvalue weighted by atomic mass is 79.9. The highest BCUT2D eigenvalue weighted by Crippen LogP contribution is 2.17. The van der Waals surface area contributed by atoms with Gasteiger partial charge >= 0.3 is 0 Å². The predicted molar refractivity (Wildman–Crippen MR) is 102 cm³/mol. The van der Waals surface area contributed by atoms with Gasteiger partial charge in [0.05, 0.1) is 6.21 Å². The second kappa shape index (κ2) is 9.64. The fourth-order valence-corrected chi connectivity index (χ4v) is 2.14. The maximum absolute atomic E-state index is 12.0. The Kier molecular flexibility index (Phi) is 7.22. The van der Waals surface area contributed by atoms with Crippen LogP contribution in [-0.4, -0.2) is 24.8 Å². The van der Waals surface area contributed by atoms with Gasteiger partial charge in [0, 0.05) is 4.47 Å². The summed E-state index contributed by atoms with van der Waals surface area (Å²) in [6, 6.07) is 14.6. The molecule has 0 fully saturated rings. The number of hydrogen-bond acceptors (Lipinski definition) is 4. The van der Waals surface area contributed by atoms with Gasteiger partial charge < -0.3 is 9.47 Å². The van der Waals surface area contributed by atoms with E-state index in [4.69, 9.17) is 9.47 Å². The van der Waals surface area contributed by atoms with E-state index >= 15 is 0 Å². The average Bonchev–Trinajstić information content (AvgIpc) is 2.62. The van der Waals surface area contributed by atoms with E-state index in [1.807, 2.05) is 36.4 Å². The molecule has 0 saturated heterocycles. The minimum atomic E-state index is -0.666. The molecule has 0 spiro atoms. The number of benzene rings is 2. The summed E-state index contributed by atoms with van der Waals surface area (Å²) in [5.74, 6) is 0.988. The first-order chi connectivity index (χ1) is 12.1. The van der Waals surface area contributed by atoms with Crippen molar-refractivity contribution < 1.29 is 14.3 Å². The number of hydrazone groups is 1. The van der Waals surface area contributed by atoms with Crippen LogP contribution in [0.3, 0.4) is 0 Å². The maximum atomic E-state index is 12.0. The van der Waals surface area contributed by atoms with Gasteiger partial charge in [0.1, 0.15) is 18.1 Å². The van der Waals surface area contributed by atoms with Gasteiger partial charge in [0.15, 0.2) is 6.10 Å². The van der Waals surface area contributed by atoms with Crippen LogP contribution in [0.4, 0.5) is 0 Å². The second-order valence-corrected chi connectivity index (χ2v) is 6.04. The summed E-state index contributed by atoms with van der Waals surface area (Å²) in [6.07, 6.45) is 2.55. The van der Waals surface area contributed by atoms with Crippen molar-refractivity contribution in [3.8, 4) is 11.5 Å². The monoisotopic (exact) mass is 402 g/mol. The molecule has 0 aromatic heterocycles. The molecule has 0 radical (unpaired) electrons. The lowest BCUT2D eigenvalue weighted by Crippen LogP contribution is -2.33. The summed E-state index contributed by atoms with van der Waals surface area (Å²) in [5, 5.41) is 3.95. The first-order valence-corrected chi connectivity index (χ1v) is 8.46. The smallest absolute Gasteiger partial charge is 0.280 e. The third-order valence-corrected chi connectivity index (χ3v) is 3.64. The summed E-state index contributed by atoms with van der Waals surface area (Å²) >= 11 is 3.35. The average molecular weight is 403 g/mol. The Morgan fingerprint density at radius 2 is 2.04 bits per heavy atom. The van der Waals surface area contributed by atoms with Gasteiger partial charge in [-0.05, 0) is 48.9 Å². The van der Waals surface area contributed by atoms with Crippen LogP contribution in [0.1, 0.15) is 12.5 Å². The molecule has 0 bridgehead atoms. The third kappa shape index (κ3) is 6.43. The molecular weight excluding hydrogens is 384 g/mol. The normalized spacial score (nSPS) is 11.8. The molecule has 0 unspecified atom stereocenters. The van der Waals surface area contributed by atoms with Gasteiger partial charge in [-0.2, -0.15) is 5.10 Å². The van der Waals surface area contributed by atoms with E-state index in [9.17, 15) is 4.79 Å². The highest BCUT2D eigenvalue weighted by Gasteiger charge is 2.13. The fraction of sp³-hybridized carbons (Fsp3) is 0.158. The van der Waals surface area contributed by atoms with E-state index < -0.39 is 6.10 Å². The molecule has 0 heterocycles. The van der Waals surface area contributed by atoms with Crippen molar-refractivity contribution in [2.45, 2.75) is 13.0 Å². The number of halogens is 1. The fourth-order valence-electron chi connectivity index (χ4n) is 1.87. The first kappa shape index (κ1) is 18.7. The number of amides is 1. The predicted octanol–water partition coefficient (Wildman–Crippen LogP) is 3.93. The maximum Gasteiger partial charge on any atom is 0.280 e. The van der Waals surface area contributed by atoms with E-state index in [0.717, 1.165) is 10.0 Å². The van der Waals surface area contributed by atoms with Gasteiger partial charge in [-0.25, -0.2) is 5.43 Å². The van der Waals surface area contributed by atoms with E-state index in [-0.39, 0.29) is 5.91 Å². The van der Waals surface area contributed by atoms with Crippen LogP contribution >= 0.6 is 15.9 Å². The van der Waals surface area contributed by atoms with Crippen LogP contribution in [0.15, 0.2) is 70.8 Å². The summed E-state index contributed by atoms with van der Waals surface area (Å²) < 4.78 is 12.0. The third-order valence-electron chi connectivity index (χ3n) is 3.11. The standard InChI is InChI=1S/C19H19BrN2O3/c1-3-11-24-18-6-4-5-15(12-18)13-21-22-19(23)14(2)25-17-9-7-16(20)8-10-17/h3-10,12-14H,1,11H2,2H3,(H,22,23)/b21-13-/t14-/m0/s1. The Balaban J connectivity index is 1.86. The molecule has 0 aliphatic carbocycles. The molecule has 0 aliphatic heterocycles. The SMILES string of the molecule is C=CCOc1cccc(/C=N\NC(=O)[C@H](C)Oc2ccc(Br)cc2)c1. The van der Waals surface area contributed by atoms with Crippen molar-refractivity contribution in [1.29, 1.82) is 0 Å². The summed E-state index contributed by atoms with van der Waals surface area (Å²) in [4.78, 5) is 12.0. The molecular formula is C19H19BrN2O3. The van der Waals surface area contributed by atoms with Crippen molar-refractivity contribution in [2.75, 3.05) is 6.61 Å². The Hall–Kier alpha value is -2.60. The van der Waals surface area contributed by atoms with Crippen LogP contribution in [0, 0.1) is 0 Å². The van der Waals surface area contributed by atoms with Crippen molar-refractivity contribution in [2.24, 2.45) is 5.10 Å². The number of hydrogen-bond donors (Lipinski definition) is 1. The zero-order valence-electron chi connectivity index (χ0n) is 13.8. The molecule has 2 rings (SSSR count). The molecule has 6 heteroatoms. The van der Waals surface area contributed by atoms with Crippen molar-refractivity contribution in [3.63, 3.8) is 0 Å². The number of nitrogens with zero attached hydrogens (tertiary/aromatic N) is 1. The Morgan fingerprint density at radius 3 is 2.76 bits per heavy atom. The Morgan fingerprint density at radius 1 is 1.28 bits per heavy atom. The summed E-state index contributed by atoms with van der Waals surface area (Å²) in [7, 11) is 0. The minimum Gasteiger partial charge on any atom is -0.490 e. The van der Waals surface area contributed by atoms with E-state index in [1.165, 1.54) is 0 Å². The number of carbonyl (C=O) groups excluding carboxylic acids is 1. The van der Waals surface area contributed by atoms with E-state index in [2.05, 4.69) is 33.0 Å². The number of ether oxygens (including phenoxy) is 2. The van der Waals surface area contributed by atoms with Crippen LogP contribution in [-0.2, 0) is 4.79 Å². The first-order valence-electron chi connectivity index (χ1n) is 7.67. The molecule has 1 N–H and O–H groups in total. The van der Waals surface area contributed by atoms with E-state index in [0.29, 0.717) is 18.1 Å². The molecule has 25 heavy (non-hydrogen) atoms. The molecule has 0 aliphatic rings. The molecule has 5 nitrogen and oxygen atoms in total. The van der Waals surface area contributed by atoms with Crippen molar-refractivity contribution in [3.05, 3.63) is 71.2 Å². The number of nitrogens with one attached hydrogen (secondary N) is 1. The quantitative estimate of drug-likeness (QED) is 0.413.